The van der Waals surface area contributed by atoms with Crippen molar-refractivity contribution in [2.24, 2.45) is 0 Å². The van der Waals surface area contributed by atoms with Crippen LogP contribution in [-0.2, 0) is 28.9 Å². The summed E-state index contributed by atoms with van der Waals surface area (Å²) in [4.78, 5) is 20.8. The Labute approximate surface area is 171 Å². The van der Waals surface area contributed by atoms with Crippen molar-refractivity contribution in [3.63, 3.8) is 0 Å². The lowest BCUT2D eigenvalue weighted by molar-refractivity contribution is -0.181. The second kappa shape index (κ2) is 8.01. The molecule has 2 saturated heterocycles. The third kappa shape index (κ3) is 4.13. The van der Waals surface area contributed by atoms with Crippen LogP contribution in [0.4, 0.5) is 0 Å². The summed E-state index contributed by atoms with van der Waals surface area (Å²) in [6.07, 6.45) is 7.24. The smallest absolute Gasteiger partial charge is 0.220 e. The second-order valence-electron chi connectivity index (χ2n) is 8.97. The van der Waals surface area contributed by atoms with Crippen LogP contribution in [-0.4, -0.2) is 57.8 Å². The first kappa shape index (κ1) is 20.3. The molecular weight excluding hydrogens is 374 g/mol. The summed E-state index contributed by atoms with van der Waals surface area (Å²) in [6.45, 7) is 6.97. The van der Waals surface area contributed by atoms with Gasteiger partial charge in [0.1, 0.15) is 11.1 Å². The number of hydrogen-bond donors (Lipinski definition) is 2. The number of thiazole rings is 1. The molecule has 7 heteroatoms. The Morgan fingerprint density at radius 1 is 1.36 bits per heavy atom. The van der Waals surface area contributed by atoms with Gasteiger partial charge >= 0.3 is 0 Å². The van der Waals surface area contributed by atoms with Gasteiger partial charge in [-0.05, 0) is 45.4 Å². The number of aliphatic hydroxyl groups is 1. The number of rotatable bonds is 4. The summed E-state index contributed by atoms with van der Waals surface area (Å²) in [7, 11) is 0. The monoisotopic (exact) mass is 407 g/mol. The predicted octanol–water partition coefficient (Wildman–Crippen LogP) is 2.42. The SMILES string of the molecule is CCC(=O)N[C@@]1(C)CC2(CCN(Cc3nc4c(s3)CCCC4)CC2)OCC1O. The molecule has 1 amide bonds. The fraction of sp³-hybridized carbons (Fsp3) is 0.810. The summed E-state index contributed by atoms with van der Waals surface area (Å²) in [5, 5.41) is 14.8. The van der Waals surface area contributed by atoms with Crippen LogP contribution in [0.1, 0.15) is 68.0 Å². The lowest BCUT2D eigenvalue weighted by atomic mass is 9.74. The normalized spacial score (nSPS) is 30.2. The molecule has 4 rings (SSSR count). The zero-order valence-electron chi connectivity index (χ0n) is 17.1. The number of aromatic nitrogens is 1. The summed E-state index contributed by atoms with van der Waals surface area (Å²) < 4.78 is 6.15. The van der Waals surface area contributed by atoms with Crippen LogP contribution in [0.5, 0.6) is 0 Å². The number of aliphatic hydroxyl groups excluding tert-OH is 1. The molecule has 2 aliphatic heterocycles. The van der Waals surface area contributed by atoms with Crippen molar-refractivity contribution < 1.29 is 14.6 Å². The van der Waals surface area contributed by atoms with Crippen molar-refractivity contribution in [1.29, 1.82) is 0 Å². The average Bonchev–Trinajstić information content (AvgIpc) is 3.09. The summed E-state index contributed by atoms with van der Waals surface area (Å²) in [5.41, 5.74) is 0.488. The molecule has 2 atom stereocenters. The third-order valence-electron chi connectivity index (χ3n) is 6.73. The Morgan fingerprint density at radius 3 is 2.82 bits per heavy atom. The maximum atomic E-state index is 12.0. The molecule has 6 nitrogen and oxygen atoms in total. The van der Waals surface area contributed by atoms with Gasteiger partial charge in [0.15, 0.2) is 0 Å². The molecule has 1 aromatic rings. The van der Waals surface area contributed by atoms with Crippen LogP contribution in [0.25, 0.3) is 0 Å². The molecule has 28 heavy (non-hydrogen) atoms. The molecule has 1 aromatic heterocycles. The fourth-order valence-electron chi connectivity index (χ4n) is 4.92. The minimum atomic E-state index is -0.659. The number of carbonyl (C=O) groups excluding carboxylic acids is 1. The van der Waals surface area contributed by atoms with Crippen molar-refractivity contribution in [2.75, 3.05) is 19.7 Å². The van der Waals surface area contributed by atoms with E-state index in [4.69, 9.17) is 9.72 Å². The van der Waals surface area contributed by atoms with Crippen molar-refractivity contribution in [3.8, 4) is 0 Å². The van der Waals surface area contributed by atoms with Crippen LogP contribution < -0.4 is 5.32 Å². The number of fused-ring (bicyclic) bond motifs is 1. The summed E-state index contributed by atoms with van der Waals surface area (Å²) in [6, 6.07) is 0. The second-order valence-corrected chi connectivity index (χ2v) is 10.1. The van der Waals surface area contributed by atoms with E-state index in [0.29, 0.717) is 19.4 Å². The van der Waals surface area contributed by atoms with Gasteiger partial charge < -0.3 is 15.2 Å². The first-order chi connectivity index (χ1) is 13.4. The summed E-state index contributed by atoms with van der Waals surface area (Å²) >= 11 is 1.90. The van der Waals surface area contributed by atoms with Gasteiger partial charge in [-0.2, -0.15) is 0 Å². The Bertz CT molecular complexity index is 690. The molecule has 1 spiro atoms. The fourth-order valence-corrected chi connectivity index (χ4v) is 6.12. The highest BCUT2D eigenvalue weighted by Gasteiger charge is 2.50. The van der Waals surface area contributed by atoms with Gasteiger partial charge in [-0.3, -0.25) is 9.69 Å². The van der Waals surface area contributed by atoms with Gasteiger partial charge in [0.25, 0.3) is 0 Å². The first-order valence-electron chi connectivity index (χ1n) is 10.7. The number of likely N-dealkylation sites (tertiary alicyclic amines) is 1. The summed E-state index contributed by atoms with van der Waals surface area (Å²) in [5.74, 6) is -0.0104. The van der Waals surface area contributed by atoms with E-state index in [0.717, 1.165) is 38.9 Å². The number of piperidine rings is 1. The molecule has 156 valence electrons. The highest BCUT2D eigenvalue weighted by Crippen LogP contribution is 2.40. The highest BCUT2D eigenvalue weighted by molar-refractivity contribution is 7.11. The molecule has 3 aliphatic rings. The molecule has 0 aromatic carbocycles. The maximum absolute atomic E-state index is 12.0. The Kier molecular flexibility index (Phi) is 5.80. The standard InChI is InChI=1S/C21H33N3O3S/c1-3-18(26)23-20(2)14-21(27-13-17(20)25)8-10-24(11-9-21)12-19-22-15-6-4-5-7-16(15)28-19/h17,25H,3-14H2,1-2H3,(H,23,26)/t17?,20-/m0/s1. The molecular formula is C21H33N3O3S. The van der Waals surface area contributed by atoms with Gasteiger partial charge in [0.2, 0.25) is 5.91 Å². The minimum absolute atomic E-state index is 0.0104. The van der Waals surface area contributed by atoms with E-state index in [-0.39, 0.29) is 11.5 Å². The van der Waals surface area contributed by atoms with E-state index in [2.05, 4.69) is 10.2 Å². The van der Waals surface area contributed by atoms with E-state index in [1.165, 1.54) is 34.8 Å². The van der Waals surface area contributed by atoms with E-state index in [9.17, 15) is 9.90 Å². The molecule has 1 aliphatic carbocycles. The number of nitrogens with one attached hydrogen (secondary N) is 1. The van der Waals surface area contributed by atoms with Gasteiger partial charge in [0, 0.05) is 30.8 Å². The molecule has 0 radical (unpaired) electrons. The molecule has 0 bridgehead atoms. The van der Waals surface area contributed by atoms with Crippen molar-refractivity contribution >= 4 is 17.2 Å². The highest BCUT2D eigenvalue weighted by atomic mass is 32.1. The van der Waals surface area contributed by atoms with E-state index in [1.54, 1.807) is 0 Å². The van der Waals surface area contributed by atoms with E-state index >= 15 is 0 Å². The Morgan fingerprint density at radius 2 is 2.11 bits per heavy atom. The number of amides is 1. The number of carbonyl (C=O) groups is 1. The topological polar surface area (TPSA) is 74.7 Å². The third-order valence-corrected chi connectivity index (χ3v) is 7.88. The van der Waals surface area contributed by atoms with Crippen LogP contribution in [0, 0.1) is 0 Å². The number of aryl methyl sites for hydroxylation is 2. The van der Waals surface area contributed by atoms with Crippen molar-refractivity contribution in [2.45, 2.75) is 89.0 Å². The van der Waals surface area contributed by atoms with Crippen molar-refractivity contribution in [1.82, 2.24) is 15.2 Å². The average molecular weight is 408 g/mol. The minimum Gasteiger partial charge on any atom is -0.388 e. The maximum Gasteiger partial charge on any atom is 0.220 e. The molecule has 0 saturated carbocycles. The predicted molar refractivity (Wildman–Crippen MR) is 109 cm³/mol. The van der Waals surface area contributed by atoms with Crippen LogP contribution in [0.2, 0.25) is 0 Å². The number of hydrogen-bond acceptors (Lipinski definition) is 6. The zero-order chi connectivity index (χ0) is 19.8. The van der Waals surface area contributed by atoms with E-state index < -0.39 is 11.6 Å². The quantitative estimate of drug-likeness (QED) is 0.802. The zero-order valence-corrected chi connectivity index (χ0v) is 17.9. The van der Waals surface area contributed by atoms with Crippen molar-refractivity contribution in [3.05, 3.63) is 15.6 Å². The molecule has 1 unspecified atom stereocenters. The lowest BCUT2D eigenvalue weighted by Crippen LogP contribution is -2.65. The van der Waals surface area contributed by atoms with Crippen LogP contribution in [0.3, 0.4) is 0 Å². The van der Waals surface area contributed by atoms with Gasteiger partial charge in [-0.1, -0.05) is 6.92 Å². The largest absolute Gasteiger partial charge is 0.388 e. The Hall–Kier alpha value is -1.02. The Balaban J connectivity index is 1.36. The van der Waals surface area contributed by atoms with Gasteiger partial charge in [0.05, 0.1) is 30.0 Å². The lowest BCUT2D eigenvalue weighted by Gasteiger charge is -2.52. The van der Waals surface area contributed by atoms with Gasteiger partial charge in [-0.15, -0.1) is 11.3 Å². The molecule has 2 fully saturated rings. The van der Waals surface area contributed by atoms with Crippen LogP contribution >= 0.6 is 11.3 Å². The van der Waals surface area contributed by atoms with Gasteiger partial charge in [-0.25, -0.2) is 4.98 Å². The molecule has 2 N–H and O–H groups in total. The van der Waals surface area contributed by atoms with Crippen LogP contribution in [0.15, 0.2) is 0 Å². The number of ether oxygens (including phenoxy) is 1. The first-order valence-corrected chi connectivity index (χ1v) is 11.6. The number of nitrogens with zero attached hydrogens (tertiary/aromatic N) is 2. The molecule has 3 heterocycles. The van der Waals surface area contributed by atoms with E-state index in [1.807, 2.05) is 25.2 Å².